The van der Waals surface area contributed by atoms with Crippen molar-refractivity contribution in [1.29, 1.82) is 0 Å². The Balaban J connectivity index is 3.79. The average molecular weight is 594 g/mol. The van der Waals surface area contributed by atoms with Gasteiger partial charge in [-0.05, 0) is 67.5 Å². The van der Waals surface area contributed by atoms with Crippen LogP contribution in [0.4, 0.5) is 0 Å². The van der Waals surface area contributed by atoms with E-state index in [9.17, 15) is 4.79 Å². The molecule has 0 saturated heterocycles. The van der Waals surface area contributed by atoms with Gasteiger partial charge in [-0.15, -0.1) is 0 Å². The van der Waals surface area contributed by atoms with Crippen LogP contribution in [0.1, 0.15) is 39.0 Å². The molecule has 0 rings (SSSR count). The second-order valence-corrected chi connectivity index (χ2v) is 9.35. The van der Waals surface area contributed by atoms with Gasteiger partial charge in [0.2, 0.25) is 0 Å². The quantitative estimate of drug-likeness (QED) is 0.156. The second kappa shape index (κ2) is 11.5. The minimum absolute atomic E-state index is 0.166. The summed E-state index contributed by atoms with van der Waals surface area (Å²) in [5.74, 6) is -0.166. The third-order valence-corrected chi connectivity index (χ3v) is 6.70. The van der Waals surface area contributed by atoms with Crippen molar-refractivity contribution in [2.24, 2.45) is 0 Å². The number of esters is 1. The van der Waals surface area contributed by atoms with E-state index in [0.29, 0.717) is 6.61 Å². The molecule has 0 bridgehead atoms. The Morgan fingerprint density at radius 3 is 2.47 bits per heavy atom. The molecular formula is C11H16Br2I2O2. The number of hydrogen-bond acceptors (Lipinski definition) is 2. The fourth-order valence-corrected chi connectivity index (χ4v) is 2.03. The highest BCUT2D eigenvalue weighted by Crippen LogP contribution is 2.25. The molecule has 0 aromatic carbocycles. The predicted octanol–water partition coefficient (Wildman–Crippen LogP) is 5.70. The van der Waals surface area contributed by atoms with E-state index in [1.807, 2.05) is 0 Å². The molecule has 0 spiro atoms. The monoisotopic (exact) mass is 592 g/mol. The third kappa shape index (κ3) is 10.1. The van der Waals surface area contributed by atoms with Crippen LogP contribution >= 0.6 is 77.0 Å². The molecule has 6 heteroatoms. The molecule has 0 aliphatic heterocycles. The Bertz CT molecular complexity index is 266. The van der Waals surface area contributed by atoms with Crippen molar-refractivity contribution in [3.63, 3.8) is 0 Å². The molecule has 1 unspecified atom stereocenters. The van der Waals surface area contributed by atoms with E-state index in [-0.39, 0.29) is 10.8 Å². The SMILES string of the molecule is CCCCCCC(Br)C(=O)OC/C(I)=C(/Br)I. The van der Waals surface area contributed by atoms with Gasteiger partial charge in [0.1, 0.15) is 11.4 Å². The van der Waals surface area contributed by atoms with Crippen molar-refractivity contribution in [1.82, 2.24) is 0 Å². The Morgan fingerprint density at radius 1 is 1.29 bits per heavy atom. The number of carbonyl (C=O) groups excluding carboxylic acids is 1. The zero-order valence-corrected chi connectivity index (χ0v) is 17.1. The largest absolute Gasteiger partial charge is 0.459 e. The van der Waals surface area contributed by atoms with Gasteiger partial charge in [-0.2, -0.15) is 0 Å². The van der Waals surface area contributed by atoms with E-state index in [4.69, 9.17) is 4.74 Å². The maximum Gasteiger partial charge on any atom is 0.320 e. The zero-order chi connectivity index (χ0) is 13.3. The Kier molecular flexibility index (Phi) is 12.6. The molecule has 0 heterocycles. The van der Waals surface area contributed by atoms with Gasteiger partial charge in [0.15, 0.2) is 0 Å². The molecule has 100 valence electrons. The van der Waals surface area contributed by atoms with E-state index < -0.39 is 0 Å². The lowest BCUT2D eigenvalue weighted by molar-refractivity contribution is -0.141. The van der Waals surface area contributed by atoms with Crippen LogP contribution in [-0.2, 0) is 9.53 Å². The summed E-state index contributed by atoms with van der Waals surface area (Å²) in [7, 11) is 0. The minimum Gasteiger partial charge on any atom is -0.459 e. The van der Waals surface area contributed by atoms with Gasteiger partial charge >= 0.3 is 5.97 Å². The summed E-state index contributed by atoms with van der Waals surface area (Å²) in [6, 6.07) is 0. The van der Waals surface area contributed by atoms with Crippen LogP contribution < -0.4 is 0 Å². The van der Waals surface area contributed by atoms with E-state index in [2.05, 4.69) is 84.0 Å². The first-order valence-electron chi connectivity index (χ1n) is 5.49. The number of carbonyl (C=O) groups is 1. The normalized spacial score (nSPS) is 14.2. The van der Waals surface area contributed by atoms with Crippen LogP contribution in [0, 0.1) is 0 Å². The number of unbranched alkanes of at least 4 members (excludes halogenated alkanes) is 3. The predicted molar refractivity (Wildman–Crippen MR) is 96.4 cm³/mol. The van der Waals surface area contributed by atoms with Gasteiger partial charge in [0.25, 0.3) is 0 Å². The number of hydrogen-bond donors (Lipinski definition) is 0. The summed E-state index contributed by atoms with van der Waals surface area (Å²) < 4.78 is 7.18. The van der Waals surface area contributed by atoms with Crippen molar-refractivity contribution in [3.05, 3.63) is 6.07 Å². The van der Waals surface area contributed by atoms with Gasteiger partial charge in [0, 0.05) is 3.58 Å². The first kappa shape index (κ1) is 18.6. The molecule has 0 N–H and O–H groups in total. The van der Waals surface area contributed by atoms with Gasteiger partial charge in [-0.3, -0.25) is 4.79 Å². The zero-order valence-electron chi connectivity index (χ0n) is 9.65. The molecule has 0 aliphatic carbocycles. The van der Waals surface area contributed by atoms with Crippen LogP contribution in [0.2, 0.25) is 0 Å². The molecule has 0 fully saturated rings. The summed E-state index contributed by atoms with van der Waals surface area (Å²) >= 11 is 11.0. The molecule has 0 saturated carbocycles. The lowest BCUT2D eigenvalue weighted by Crippen LogP contribution is -2.18. The molecule has 0 aromatic rings. The van der Waals surface area contributed by atoms with Gasteiger partial charge in [-0.25, -0.2) is 0 Å². The maximum absolute atomic E-state index is 11.6. The summed E-state index contributed by atoms with van der Waals surface area (Å²) in [4.78, 5) is 11.5. The highest BCUT2D eigenvalue weighted by molar-refractivity contribution is 14.1. The maximum atomic E-state index is 11.6. The van der Waals surface area contributed by atoms with Crippen molar-refractivity contribution in [2.75, 3.05) is 6.61 Å². The van der Waals surface area contributed by atoms with Gasteiger partial charge in [0.05, 0.1) is 2.49 Å². The Hall–Kier alpha value is 1.63. The van der Waals surface area contributed by atoms with Gasteiger partial charge < -0.3 is 4.74 Å². The highest BCUT2D eigenvalue weighted by atomic mass is 127. The van der Waals surface area contributed by atoms with Crippen molar-refractivity contribution >= 4 is 83.0 Å². The van der Waals surface area contributed by atoms with Crippen molar-refractivity contribution < 1.29 is 9.53 Å². The highest BCUT2D eigenvalue weighted by Gasteiger charge is 2.16. The molecule has 0 radical (unpaired) electrons. The first-order chi connectivity index (χ1) is 7.99. The smallest absolute Gasteiger partial charge is 0.320 e. The lowest BCUT2D eigenvalue weighted by Gasteiger charge is -2.09. The molecular weight excluding hydrogens is 578 g/mol. The summed E-state index contributed by atoms with van der Waals surface area (Å²) in [5, 5.41) is 0. The molecule has 17 heavy (non-hydrogen) atoms. The van der Waals surface area contributed by atoms with Crippen LogP contribution in [0.25, 0.3) is 0 Å². The molecule has 0 aromatic heterocycles. The van der Waals surface area contributed by atoms with Crippen LogP contribution in [-0.4, -0.2) is 17.4 Å². The molecule has 2 nitrogen and oxygen atoms in total. The molecule has 1 atom stereocenters. The van der Waals surface area contributed by atoms with Crippen molar-refractivity contribution in [3.8, 4) is 0 Å². The van der Waals surface area contributed by atoms with E-state index >= 15 is 0 Å². The van der Waals surface area contributed by atoms with Crippen LogP contribution in [0.3, 0.4) is 0 Å². The number of ether oxygens (including phenoxy) is 1. The Labute approximate surface area is 147 Å². The molecule has 0 amide bonds. The summed E-state index contributed by atoms with van der Waals surface area (Å²) in [6.07, 6.45) is 5.55. The summed E-state index contributed by atoms with van der Waals surface area (Å²) in [6.45, 7) is 2.52. The number of rotatable bonds is 8. The summed E-state index contributed by atoms with van der Waals surface area (Å²) in [5.41, 5.74) is 0. The topological polar surface area (TPSA) is 26.3 Å². The van der Waals surface area contributed by atoms with E-state index in [1.54, 1.807) is 0 Å². The van der Waals surface area contributed by atoms with E-state index in [0.717, 1.165) is 18.9 Å². The van der Waals surface area contributed by atoms with Gasteiger partial charge in [-0.1, -0.05) is 48.5 Å². The first-order valence-corrected chi connectivity index (χ1v) is 9.36. The van der Waals surface area contributed by atoms with Crippen LogP contribution in [0.15, 0.2) is 6.07 Å². The fourth-order valence-electron chi connectivity index (χ4n) is 1.15. The standard InChI is InChI=1S/C11H16Br2I2O2/c1-2-3-4-5-6-8(12)11(16)17-7-9(14)10(13)15/h8H,2-7H2,1H3/b10-9+. The lowest BCUT2D eigenvalue weighted by atomic mass is 10.1. The van der Waals surface area contributed by atoms with E-state index in [1.165, 1.54) is 19.3 Å². The fraction of sp³-hybridized carbons (Fsp3) is 0.727. The Morgan fingerprint density at radius 2 is 1.94 bits per heavy atom. The average Bonchev–Trinajstić information content (AvgIpc) is 2.30. The van der Waals surface area contributed by atoms with Crippen molar-refractivity contribution in [2.45, 2.75) is 43.9 Å². The minimum atomic E-state index is -0.170. The third-order valence-electron chi connectivity index (χ3n) is 2.11. The van der Waals surface area contributed by atoms with Crippen LogP contribution in [0.5, 0.6) is 0 Å². The number of halogens is 4. The second-order valence-electron chi connectivity index (χ2n) is 3.59. The number of alkyl halides is 1. The molecule has 0 aliphatic rings.